The maximum Gasteiger partial charge on any atom is 0.184 e. The van der Waals surface area contributed by atoms with Gasteiger partial charge in [-0.3, -0.25) is 4.79 Å². The van der Waals surface area contributed by atoms with Crippen molar-refractivity contribution in [2.24, 2.45) is 0 Å². The van der Waals surface area contributed by atoms with Gasteiger partial charge >= 0.3 is 0 Å². The van der Waals surface area contributed by atoms with Crippen molar-refractivity contribution in [3.05, 3.63) is 57.2 Å². The van der Waals surface area contributed by atoms with E-state index >= 15 is 0 Å². The van der Waals surface area contributed by atoms with Crippen LogP contribution in [0, 0.1) is 0 Å². The van der Waals surface area contributed by atoms with Crippen LogP contribution in [0.1, 0.15) is 41.9 Å². The molecule has 2 aromatic rings. The molecule has 2 rings (SSSR count). The highest BCUT2D eigenvalue weighted by Gasteiger charge is 2.38. The van der Waals surface area contributed by atoms with Gasteiger partial charge in [0.2, 0.25) is 0 Å². The topological polar surface area (TPSA) is 17.1 Å². The summed E-state index contributed by atoms with van der Waals surface area (Å²) in [5.41, 5.74) is 0.616. The zero-order valence-corrected chi connectivity index (χ0v) is 12.7. The first-order valence-electron chi connectivity index (χ1n) is 6.49. The minimum Gasteiger partial charge on any atom is -0.292 e. The Labute approximate surface area is 123 Å². The van der Waals surface area contributed by atoms with Crippen molar-refractivity contribution in [1.29, 1.82) is 0 Å². The summed E-state index contributed by atoms with van der Waals surface area (Å²) >= 11 is 7.56. The van der Waals surface area contributed by atoms with E-state index < -0.39 is 5.41 Å². The largest absolute Gasteiger partial charge is 0.292 e. The molecule has 0 fully saturated rings. The first-order chi connectivity index (χ1) is 9.15. The van der Waals surface area contributed by atoms with Gasteiger partial charge in [-0.2, -0.15) is 0 Å². The Bertz CT molecular complexity index is 555. The number of rotatable bonds is 5. The van der Waals surface area contributed by atoms with Crippen LogP contribution in [0.5, 0.6) is 0 Å². The van der Waals surface area contributed by atoms with Crippen LogP contribution in [-0.4, -0.2) is 5.78 Å². The fraction of sp³-hybridized carbons (Fsp3) is 0.312. The van der Waals surface area contributed by atoms with E-state index in [1.165, 1.54) is 11.3 Å². The SMILES string of the molecule is CCC(CC)(C(=O)c1sccc1Cl)c1ccccc1. The second-order valence-electron chi connectivity index (χ2n) is 4.58. The molecule has 3 heteroatoms. The molecule has 0 spiro atoms. The highest BCUT2D eigenvalue weighted by atomic mass is 35.5. The Morgan fingerprint density at radius 3 is 2.26 bits per heavy atom. The van der Waals surface area contributed by atoms with E-state index in [9.17, 15) is 4.79 Å². The molecule has 0 aliphatic heterocycles. The average molecular weight is 293 g/mol. The van der Waals surface area contributed by atoms with E-state index in [0.29, 0.717) is 9.90 Å². The molecular weight excluding hydrogens is 276 g/mol. The number of hydrogen-bond acceptors (Lipinski definition) is 2. The van der Waals surface area contributed by atoms with Gasteiger partial charge in [-0.05, 0) is 29.9 Å². The molecule has 100 valence electrons. The molecule has 0 saturated carbocycles. The van der Waals surface area contributed by atoms with Gasteiger partial charge in [0.15, 0.2) is 5.78 Å². The van der Waals surface area contributed by atoms with Crippen LogP contribution in [0.2, 0.25) is 5.02 Å². The third-order valence-corrected chi connectivity index (χ3v) is 5.13. The van der Waals surface area contributed by atoms with Crippen molar-refractivity contribution in [2.75, 3.05) is 0 Å². The van der Waals surface area contributed by atoms with E-state index in [2.05, 4.69) is 13.8 Å². The number of thiophene rings is 1. The first kappa shape index (κ1) is 14.3. The van der Waals surface area contributed by atoms with Crippen molar-refractivity contribution < 1.29 is 4.79 Å². The molecule has 1 heterocycles. The van der Waals surface area contributed by atoms with E-state index in [1.807, 2.05) is 35.7 Å². The summed E-state index contributed by atoms with van der Waals surface area (Å²) in [5.74, 6) is 0.142. The van der Waals surface area contributed by atoms with Gasteiger partial charge in [0, 0.05) is 0 Å². The molecule has 0 atom stereocenters. The summed E-state index contributed by atoms with van der Waals surface area (Å²) in [5, 5.41) is 2.44. The van der Waals surface area contributed by atoms with Crippen molar-refractivity contribution >= 4 is 28.7 Å². The molecule has 1 aromatic carbocycles. The predicted molar refractivity (Wildman–Crippen MR) is 82.4 cm³/mol. The first-order valence-corrected chi connectivity index (χ1v) is 7.74. The Balaban J connectivity index is 2.52. The predicted octanol–water partition coefficient (Wildman–Crippen LogP) is 5.34. The van der Waals surface area contributed by atoms with Crippen molar-refractivity contribution in [1.82, 2.24) is 0 Å². The standard InChI is InChI=1S/C16H17ClOS/c1-3-16(4-2,12-8-6-5-7-9-12)15(18)14-13(17)10-11-19-14/h5-11H,3-4H2,1-2H3. The Kier molecular flexibility index (Phi) is 4.43. The molecule has 0 amide bonds. The van der Waals surface area contributed by atoms with Gasteiger partial charge in [-0.15, -0.1) is 11.3 Å². The van der Waals surface area contributed by atoms with Crippen LogP contribution >= 0.6 is 22.9 Å². The Morgan fingerprint density at radius 2 is 1.79 bits per heavy atom. The molecule has 0 unspecified atom stereocenters. The van der Waals surface area contributed by atoms with Crippen molar-refractivity contribution in [3.8, 4) is 0 Å². The molecular formula is C16H17ClOS. The van der Waals surface area contributed by atoms with Crippen molar-refractivity contribution in [3.63, 3.8) is 0 Å². The van der Waals surface area contributed by atoms with E-state index in [4.69, 9.17) is 11.6 Å². The average Bonchev–Trinajstić information content (AvgIpc) is 2.88. The second kappa shape index (κ2) is 5.89. The van der Waals surface area contributed by atoms with E-state index in [-0.39, 0.29) is 5.78 Å². The summed E-state index contributed by atoms with van der Waals surface area (Å²) in [6.07, 6.45) is 1.56. The zero-order valence-electron chi connectivity index (χ0n) is 11.2. The molecule has 0 radical (unpaired) electrons. The lowest BCUT2D eigenvalue weighted by Gasteiger charge is -2.30. The van der Waals surface area contributed by atoms with Gasteiger partial charge in [0.05, 0.1) is 15.3 Å². The van der Waals surface area contributed by atoms with E-state index in [0.717, 1.165) is 18.4 Å². The minimum absolute atomic E-state index is 0.142. The third kappa shape index (κ3) is 2.47. The maximum atomic E-state index is 12.9. The van der Waals surface area contributed by atoms with Gasteiger partial charge < -0.3 is 0 Å². The number of carbonyl (C=O) groups is 1. The number of carbonyl (C=O) groups excluding carboxylic acids is 1. The van der Waals surface area contributed by atoms with Crippen molar-refractivity contribution in [2.45, 2.75) is 32.1 Å². The molecule has 19 heavy (non-hydrogen) atoms. The normalized spacial score (nSPS) is 11.5. The van der Waals surface area contributed by atoms with Crippen LogP contribution in [-0.2, 0) is 5.41 Å². The van der Waals surface area contributed by atoms with Gasteiger partial charge in [-0.1, -0.05) is 55.8 Å². The van der Waals surface area contributed by atoms with Crippen LogP contribution in [0.15, 0.2) is 41.8 Å². The lowest BCUT2D eigenvalue weighted by atomic mass is 9.72. The molecule has 1 aromatic heterocycles. The zero-order chi connectivity index (χ0) is 13.9. The third-order valence-electron chi connectivity index (χ3n) is 3.79. The van der Waals surface area contributed by atoms with Crippen LogP contribution < -0.4 is 0 Å². The molecule has 0 saturated heterocycles. The molecule has 0 aliphatic rings. The summed E-state index contributed by atoms with van der Waals surface area (Å²) in [6.45, 7) is 4.13. The summed E-state index contributed by atoms with van der Waals surface area (Å²) in [4.78, 5) is 13.6. The fourth-order valence-electron chi connectivity index (χ4n) is 2.54. The number of ketones is 1. The lowest BCUT2D eigenvalue weighted by Crippen LogP contribution is -2.34. The summed E-state index contributed by atoms with van der Waals surface area (Å²) in [7, 11) is 0. The Hall–Kier alpha value is -1.12. The lowest BCUT2D eigenvalue weighted by molar-refractivity contribution is 0.0877. The summed E-state index contributed by atoms with van der Waals surface area (Å²) in [6, 6.07) is 11.8. The number of benzene rings is 1. The minimum atomic E-state index is -0.463. The highest BCUT2D eigenvalue weighted by Crippen LogP contribution is 2.38. The van der Waals surface area contributed by atoms with Gasteiger partial charge in [0.1, 0.15) is 0 Å². The number of halogens is 1. The van der Waals surface area contributed by atoms with Gasteiger partial charge in [-0.25, -0.2) is 0 Å². The van der Waals surface area contributed by atoms with E-state index in [1.54, 1.807) is 6.07 Å². The van der Waals surface area contributed by atoms with Crippen LogP contribution in [0.25, 0.3) is 0 Å². The molecule has 0 N–H and O–H groups in total. The smallest absolute Gasteiger partial charge is 0.184 e. The Morgan fingerprint density at radius 1 is 1.16 bits per heavy atom. The molecule has 0 aliphatic carbocycles. The number of hydrogen-bond donors (Lipinski definition) is 0. The monoisotopic (exact) mass is 292 g/mol. The van der Waals surface area contributed by atoms with Gasteiger partial charge in [0.25, 0.3) is 0 Å². The maximum absolute atomic E-state index is 12.9. The molecule has 1 nitrogen and oxygen atoms in total. The van der Waals surface area contributed by atoms with Crippen LogP contribution in [0.3, 0.4) is 0 Å². The number of Topliss-reactive ketones (excluding diaryl/α,β-unsaturated/α-hetero) is 1. The second-order valence-corrected chi connectivity index (χ2v) is 5.91. The van der Waals surface area contributed by atoms with Crippen LogP contribution in [0.4, 0.5) is 0 Å². The fourth-order valence-corrected chi connectivity index (χ4v) is 3.72. The summed E-state index contributed by atoms with van der Waals surface area (Å²) < 4.78 is 0. The quantitative estimate of drug-likeness (QED) is 0.680. The molecule has 0 bridgehead atoms. The highest BCUT2D eigenvalue weighted by molar-refractivity contribution is 7.12.